The maximum atomic E-state index is 13.1. The van der Waals surface area contributed by atoms with Crippen molar-refractivity contribution in [2.45, 2.75) is 39.1 Å². The second-order valence-corrected chi connectivity index (χ2v) is 7.35. The fraction of sp³-hybridized carbons (Fsp3) is 0.409. The summed E-state index contributed by atoms with van der Waals surface area (Å²) >= 11 is 0. The number of benzene rings is 2. The smallest absolute Gasteiger partial charge is 0.260 e. The average Bonchev–Trinajstić information content (AvgIpc) is 2.70. The molecular formula is C22H28ClFN2O3. The van der Waals surface area contributed by atoms with E-state index in [9.17, 15) is 14.3 Å². The Morgan fingerprint density at radius 2 is 1.79 bits per heavy atom. The van der Waals surface area contributed by atoms with Crippen molar-refractivity contribution in [3.05, 3.63) is 65.5 Å². The molecule has 7 heteroatoms. The number of piperazine rings is 1. The molecule has 0 aliphatic carbocycles. The number of amides is 1. The van der Waals surface area contributed by atoms with Crippen LogP contribution in [0.5, 0.6) is 5.75 Å². The van der Waals surface area contributed by atoms with Crippen LogP contribution >= 0.6 is 12.4 Å². The van der Waals surface area contributed by atoms with Crippen molar-refractivity contribution in [2.75, 3.05) is 19.7 Å². The number of para-hydroxylation sites is 1. The third-order valence-corrected chi connectivity index (χ3v) is 5.23. The van der Waals surface area contributed by atoms with Crippen molar-refractivity contribution in [1.82, 2.24) is 9.80 Å². The molecule has 0 aromatic heterocycles. The molecule has 5 nitrogen and oxygen atoms in total. The number of halogens is 2. The lowest BCUT2D eigenvalue weighted by atomic mass is 10.1. The second-order valence-electron chi connectivity index (χ2n) is 7.35. The highest BCUT2D eigenvalue weighted by molar-refractivity contribution is 5.85. The Balaban J connectivity index is 0.00000300. The average molecular weight is 423 g/mol. The minimum absolute atomic E-state index is 0. The predicted molar refractivity (Wildman–Crippen MR) is 113 cm³/mol. The first-order valence-corrected chi connectivity index (χ1v) is 9.57. The Labute approximate surface area is 177 Å². The Bertz CT molecular complexity index is 803. The van der Waals surface area contributed by atoms with Crippen LogP contribution in [0, 0.1) is 5.82 Å². The van der Waals surface area contributed by atoms with E-state index in [4.69, 9.17) is 4.74 Å². The van der Waals surface area contributed by atoms with Gasteiger partial charge in [-0.2, -0.15) is 0 Å². The van der Waals surface area contributed by atoms with Gasteiger partial charge in [-0.15, -0.1) is 12.4 Å². The number of ether oxygens (including phenoxy) is 1. The van der Waals surface area contributed by atoms with Gasteiger partial charge in [0.2, 0.25) is 0 Å². The molecule has 2 atom stereocenters. The molecule has 1 N–H and O–H groups in total. The maximum absolute atomic E-state index is 13.1. The standard InChI is InChI=1S/C22H27FN2O3.ClH/c1-16-12-25(22(27)15-28-21-6-4-3-5-19(21)14-26)17(2)11-24(16)13-18-7-9-20(23)10-8-18;/h3-10,16-17,26H,11-15H2,1-2H3;1H/t16-,17+;/m1./s1. The number of aliphatic hydroxyl groups excluding tert-OH is 1. The molecule has 3 rings (SSSR count). The van der Waals surface area contributed by atoms with Gasteiger partial charge in [-0.1, -0.05) is 30.3 Å². The van der Waals surface area contributed by atoms with Gasteiger partial charge < -0.3 is 14.7 Å². The van der Waals surface area contributed by atoms with Crippen molar-refractivity contribution in [2.24, 2.45) is 0 Å². The molecule has 1 amide bonds. The van der Waals surface area contributed by atoms with Gasteiger partial charge in [-0.25, -0.2) is 4.39 Å². The van der Waals surface area contributed by atoms with Crippen LogP contribution in [-0.4, -0.2) is 52.6 Å². The van der Waals surface area contributed by atoms with Gasteiger partial charge >= 0.3 is 0 Å². The van der Waals surface area contributed by atoms with Gasteiger partial charge in [-0.05, 0) is 37.6 Å². The monoisotopic (exact) mass is 422 g/mol. The normalized spacial score (nSPS) is 19.5. The van der Waals surface area contributed by atoms with Gasteiger partial charge in [0.15, 0.2) is 6.61 Å². The highest BCUT2D eigenvalue weighted by Gasteiger charge is 2.32. The van der Waals surface area contributed by atoms with Gasteiger partial charge in [0.1, 0.15) is 11.6 Å². The van der Waals surface area contributed by atoms with E-state index in [2.05, 4.69) is 11.8 Å². The van der Waals surface area contributed by atoms with Crippen molar-refractivity contribution >= 4 is 18.3 Å². The number of nitrogens with zero attached hydrogens (tertiary/aromatic N) is 2. The first kappa shape index (κ1) is 23.1. The summed E-state index contributed by atoms with van der Waals surface area (Å²) in [5.41, 5.74) is 1.73. The molecule has 2 aromatic carbocycles. The van der Waals surface area contributed by atoms with Crippen LogP contribution in [-0.2, 0) is 17.9 Å². The van der Waals surface area contributed by atoms with E-state index in [0.29, 0.717) is 17.9 Å². The summed E-state index contributed by atoms with van der Waals surface area (Å²) in [6, 6.07) is 14.0. The predicted octanol–water partition coefficient (Wildman–Crippen LogP) is 3.24. The lowest BCUT2D eigenvalue weighted by Crippen LogP contribution is -2.58. The maximum Gasteiger partial charge on any atom is 0.260 e. The number of rotatable bonds is 6. The molecule has 1 saturated heterocycles. The van der Waals surface area contributed by atoms with Gasteiger partial charge in [0.25, 0.3) is 5.91 Å². The lowest BCUT2D eigenvalue weighted by Gasteiger charge is -2.44. The minimum atomic E-state index is -0.233. The third kappa shape index (κ3) is 5.92. The quantitative estimate of drug-likeness (QED) is 0.776. The Kier molecular flexibility index (Phi) is 8.44. The molecule has 0 radical (unpaired) electrons. The highest BCUT2D eigenvalue weighted by Crippen LogP contribution is 2.20. The zero-order valence-corrected chi connectivity index (χ0v) is 17.6. The van der Waals surface area contributed by atoms with Crippen LogP contribution in [0.2, 0.25) is 0 Å². The van der Waals surface area contributed by atoms with Crippen molar-refractivity contribution in [1.29, 1.82) is 0 Å². The Morgan fingerprint density at radius 1 is 1.10 bits per heavy atom. The van der Waals surface area contributed by atoms with Gasteiger partial charge in [-0.3, -0.25) is 9.69 Å². The zero-order valence-electron chi connectivity index (χ0n) is 16.8. The summed E-state index contributed by atoms with van der Waals surface area (Å²) in [5.74, 6) is 0.242. The summed E-state index contributed by atoms with van der Waals surface area (Å²) in [5, 5.41) is 9.37. The third-order valence-electron chi connectivity index (χ3n) is 5.23. The van der Waals surface area contributed by atoms with Gasteiger partial charge in [0, 0.05) is 37.3 Å². The van der Waals surface area contributed by atoms with Crippen molar-refractivity contribution in [3.63, 3.8) is 0 Å². The highest BCUT2D eigenvalue weighted by atomic mass is 35.5. The fourth-order valence-electron chi connectivity index (χ4n) is 3.59. The number of carbonyl (C=O) groups is 1. The largest absolute Gasteiger partial charge is 0.483 e. The molecule has 1 heterocycles. The SMILES string of the molecule is C[C@@H]1CN(C(=O)COc2ccccc2CO)[C@@H](C)CN1Cc1ccc(F)cc1.Cl. The number of carbonyl (C=O) groups excluding carboxylic acids is 1. The molecule has 1 fully saturated rings. The van der Waals surface area contributed by atoms with Crippen LogP contribution in [0.15, 0.2) is 48.5 Å². The second kappa shape index (κ2) is 10.6. The van der Waals surface area contributed by atoms with Crippen LogP contribution < -0.4 is 4.74 Å². The van der Waals surface area contributed by atoms with E-state index < -0.39 is 0 Å². The number of hydrogen-bond acceptors (Lipinski definition) is 4. The van der Waals surface area contributed by atoms with Crippen molar-refractivity contribution in [3.8, 4) is 5.75 Å². The van der Waals surface area contributed by atoms with Crippen LogP contribution in [0.4, 0.5) is 4.39 Å². The molecule has 2 aromatic rings. The Morgan fingerprint density at radius 3 is 2.48 bits per heavy atom. The molecule has 158 valence electrons. The summed E-state index contributed by atoms with van der Waals surface area (Å²) < 4.78 is 18.8. The molecular weight excluding hydrogens is 395 g/mol. The number of aliphatic hydroxyl groups is 1. The van der Waals surface area contributed by atoms with Crippen molar-refractivity contribution < 1.29 is 19.0 Å². The molecule has 29 heavy (non-hydrogen) atoms. The first-order valence-electron chi connectivity index (χ1n) is 9.57. The summed E-state index contributed by atoms with van der Waals surface area (Å²) in [7, 11) is 0. The summed E-state index contributed by atoms with van der Waals surface area (Å²) in [6.45, 7) is 6.05. The number of hydrogen-bond donors (Lipinski definition) is 1. The summed E-state index contributed by atoms with van der Waals surface area (Å²) in [4.78, 5) is 16.9. The van der Waals surface area contributed by atoms with E-state index in [-0.39, 0.29) is 49.4 Å². The molecule has 0 spiro atoms. The van der Waals surface area contributed by atoms with E-state index in [1.165, 1.54) is 12.1 Å². The molecule has 1 aliphatic heterocycles. The summed E-state index contributed by atoms with van der Waals surface area (Å²) in [6.07, 6.45) is 0. The zero-order chi connectivity index (χ0) is 20.1. The van der Waals surface area contributed by atoms with Crippen LogP contribution in [0.25, 0.3) is 0 Å². The van der Waals surface area contributed by atoms with E-state index in [0.717, 1.165) is 18.7 Å². The Hall–Kier alpha value is -2.15. The molecule has 0 bridgehead atoms. The topological polar surface area (TPSA) is 53.0 Å². The van der Waals surface area contributed by atoms with Crippen LogP contribution in [0.3, 0.4) is 0 Å². The van der Waals surface area contributed by atoms with E-state index in [1.54, 1.807) is 24.3 Å². The van der Waals surface area contributed by atoms with Gasteiger partial charge in [0.05, 0.1) is 6.61 Å². The van der Waals surface area contributed by atoms with Crippen LogP contribution in [0.1, 0.15) is 25.0 Å². The molecule has 1 aliphatic rings. The lowest BCUT2D eigenvalue weighted by molar-refractivity contribution is -0.139. The van der Waals surface area contributed by atoms with E-state index in [1.807, 2.05) is 24.0 Å². The minimum Gasteiger partial charge on any atom is -0.483 e. The molecule has 0 saturated carbocycles. The van der Waals surface area contributed by atoms with E-state index >= 15 is 0 Å². The fourth-order valence-corrected chi connectivity index (χ4v) is 3.59. The first-order chi connectivity index (χ1) is 13.5. The molecule has 0 unspecified atom stereocenters.